The molecule has 0 aliphatic carbocycles. The Labute approximate surface area is 119 Å². The molecule has 6 nitrogen and oxygen atoms in total. The third-order valence-corrected chi connectivity index (χ3v) is 4.39. The van der Waals surface area contributed by atoms with Crippen molar-refractivity contribution in [3.8, 4) is 0 Å². The summed E-state index contributed by atoms with van der Waals surface area (Å²) in [7, 11) is -2.23. The van der Waals surface area contributed by atoms with Crippen molar-refractivity contribution in [3.05, 3.63) is 35.9 Å². The van der Waals surface area contributed by atoms with Gasteiger partial charge in [0, 0.05) is 20.1 Å². The molecule has 1 rings (SSSR count). The fourth-order valence-corrected chi connectivity index (χ4v) is 2.58. The Morgan fingerprint density at radius 1 is 1.30 bits per heavy atom. The van der Waals surface area contributed by atoms with E-state index in [0.29, 0.717) is 13.0 Å². The third-order valence-electron chi connectivity index (χ3n) is 2.82. The summed E-state index contributed by atoms with van der Waals surface area (Å²) in [6.07, 6.45) is 1.28. The molecule has 0 aromatic heterocycles. The Balaban J connectivity index is 2.30. The van der Waals surface area contributed by atoms with Gasteiger partial charge in [-0.15, -0.1) is 0 Å². The largest absolute Gasteiger partial charge is 0.481 e. The maximum atomic E-state index is 11.8. The fraction of sp³-hybridized carbons (Fsp3) is 0.462. The minimum Gasteiger partial charge on any atom is -0.481 e. The lowest BCUT2D eigenvalue weighted by molar-refractivity contribution is -0.137. The van der Waals surface area contributed by atoms with E-state index < -0.39 is 16.2 Å². The lowest BCUT2D eigenvalue weighted by atomic mass is 10.1. The van der Waals surface area contributed by atoms with Gasteiger partial charge in [0.2, 0.25) is 0 Å². The zero-order valence-electron chi connectivity index (χ0n) is 11.4. The van der Waals surface area contributed by atoms with Gasteiger partial charge in [0.05, 0.1) is 6.42 Å². The Kier molecular flexibility index (Phi) is 6.63. The van der Waals surface area contributed by atoms with E-state index in [1.807, 2.05) is 30.3 Å². The molecule has 112 valence electrons. The molecule has 0 aliphatic rings. The van der Waals surface area contributed by atoms with E-state index in [9.17, 15) is 13.2 Å². The highest BCUT2D eigenvalue weighted by Gasteiger charge is 2.17. The number of carboxylic acids is 1. The van der Waals surface area contributed by atoms with E-state index >= 15 is 0 Å². The van der Waals surface area contributed by atoms with Crippen molar-refractivity contribution in [3.63, 3.8) is 0 Å². The second-order valence-electron chi connectivity index (χ2n) is 4.45. The van der Waals surface area contributed by atoms with Gasteiger partial charge >= 0.3 is 5.97 Å². The molecule has 0 radical (unpaired) electrons. The van der Waals surface area contributed by atoms with E-state index in [0.717, 1.165) is 16.3 Å². The van der Waals surface area contributed by atoms with Crippen LogP contribution in [0, 0.1) is 0 Å². The van der Waals surface area contributed by atoms with Crippen molar-refractivity contribution in [1.29, 1.82) is 0 Å². The number of benzene rings is 1. The van der Waals surface area contributed by atoms with Crippen LogP contribution in [0.1, 0.15) is 18.4 Å². The minimum atomic E-state index is -3.59. The normalized spacial score (nSPS) is 11.7. The molecule has 0 bridgehead atoms. The topological polar surface area (TPSA) is 86.7 Å². The molecular weight excluding hydrogens is 280 g/mol. The maximum absolute atomic E-state index is 11.8. The van der Waals surface area contributed by atoms with Crippen LogP contribution in [-0.2, 0) is 21.4 Å². The summed E-state index contributed by atoms with van der Waals surface area (Å²) in [6, 6.07) is 9.81. The fourth-order valence-electron chi connectivity index (χ4n) is 1.62. The van der Waals surface area contributed by atoms with Gasteiger partial charge in [-0.3, -0.25) is 4.79 Å². The molecule has 0 heterocycles. The molecule has 7 heteroatoms. The van der Waals surface area contributed by atoms with Gasteiger partial charge in [-0.25, -0.2) is 4.72 Å². The SMILES string of the molecule is CN(CCC(=O)O)S(=O)(=O)NCCCc1ccccc1. The Morgan fingerprint density at radius 2 is 1.95 bits per heavy atom. The van der Waals surface area contributed by atoms with E-state index in [4.69, 9.17) is 5.11 Å². The average molecular weight is 300 g/mol. The molecule has 0 aliphatic heterocycles. The number of hydrogen-bond donors (Lipinski definition) is 2. The molecule has 0 saturated heterocycles. The van der Waals surface area contributed by atoms with Crippen LogP contribution in [0.15, 0.2) is 30.3 Å². The number of aliphatic carboxylic acids is 1. The van der Waals surface area contributed by atoms with E-state index in [1.165, 1.54) is 7.05 Å². The van der Waals surface area contributed by atoms with Crippen molar-refractivity contribution < 1.29 is 18.3 Å². The zero-order valence-corrected chi connectivity index (χ0v) is 12.3. The van der Waals surface area contributed by atoms with Crippen molar-refractivity contribution in [2.24, 2.45) is 0 Å². The number of aryl methyl sites for hydroxylation is 1. The highest BCUT2D eigenvalue weighted by atomic mass is 32.2. The van der Waals surface area contributed by atoms with Crippen molar-refractivity contribution >= 4 is 16.2 Å². The second-order valence-corrected chi connectivity index (χ2v) is 6.32. The van der Waals surface area contributed by atoms with Crippen molar-refractivity contribution in [1.82, 2.24) is 9.03 Å². The van der Waals surface area contributed by atoms with Gasteiger partial charge < -0.3 is 5.11 Å². The number of hydrogen-bond acceptors (Lipinski definition) is 3. The quantitative estimate of drug-likeness (QED) is 0.662. The first kappa shape index (κ1) is 16.6. The van der Waals surface area contributed by atoms with Gasteiger partial charge in [0.1, 0.15) is 0 Å². The van der Waals surface area contributed by atoms with Crippen molar-refractivity contribution in [2.75, 3.05) is 20.1 Å². The number of carboxylic acid groups (broad SMARTS) is 1. The van der Waals surface area contributed by atoms with Gasteiger partial charge in [0.25, 0.3) is 10.2 Å². The smallest absolute Gasteiger partial charge is 0.304 e. The van der Waals surface area contributed by atoms with Crippen LogP contribution < -0.4 is 4.72 Å². The van der Waals surface area contributed by atoms with Crippen molar-refractivity contribution in [2.45, 2.75) is 19.3 Å². The number of nitrogens with one attached hydrogen (secondary N) is 1. The van der Waals surface area contributed by atoms with Gasteiger partial charge in [-0.1, -0.05) is 30.3 Å². The molecule has 0 saturated carbocycles. The lowest BCUT2D eigenvalue weighted by Gasteiger charge is -2.16. The summed E-state index contributed by atoms with van der Waals surface area (Å²) in [5, 5.41) is 8.53. The standard InChI is InChI=1S/C13H20N2O4S/c1-15(11-9-13(16)17)20(18,19)14-10-5-8-12-6-3-2-4-7-12/h2-4,6-7,14H,5,8-11H2,1H3,(H,16,17). The molecular formula is C13H20N2O4S. The lowest BCUT2D eigenvalue weighted by Crippen LogP contribution is -2.39. The maximum Gasteiger partial charge on any atom is 0.304 e. The van der Waals surface area contributed by atoms with Crippen LogP contribution in [0.4, 0.5) is 0 Å². The summed E-state index contributed by atoms with van der Waals surface area (Å²) >= 11 is 0. The first-order valence-electron chi connectivity index (χ1n) is 6.38. The molecule has 1 aromatic carbocycles. The summed E-state index contributed by atoms with van der Waals surface area (Å²) in [5.74, 6) is -1.02. The molecule has 2 N–H and O–H groups in total. The monoisotopic (exact) mass is 300 g/mol. The van der Waals surface area contributed by atoms with Crippen LogP contribution >= 0.6 is 0 Å². The summed E-state index contributed by atoms with van der Waals surface area (Å²) < 4.78 is 27.0. The van der Waals surface area contributed by atoms with Gasteiger partial charge in [0.15, 0.2) is 0 Å². The highest BCUT2D eigenvalue weighted by molar-refractivity contribution is 7.87. The average Bonchev–Trinajstić information content (AvgIpc) is 2.42. The van der Waals surface area contributed by atoms with Crippen LogP contribution in [0.2, 0.25) is 0 Å². The summed E-state index contributed by atoms with van der Waals surface area (Å²) in [5.41, 5.74) is 1.16. The van der Waals surface area contributed by atoms with E-state index in [1.54, 1.807) is 0 Å². The summed E-state index contributed by atoms with van der Waals surface area (Å²) in [6.45, 7) is 0.290. The van der Waals surface area contributed by atoms with Gasteiger partial charge in [-0.05, 0) is 18.4 Å². The molecule has 0 unspecified atom stereocenters. The predicted molar refractivity (Wildman–Crippen MR) is 76.6 cm³/mol. The molecule has 20 heavy (non-hydrogen) atoms. The number of carbonyl (C=O) groups is 1. The molecule has 0 amide bonds. The first-order chi connectivity index (χ1) is 9.42. The third kappa shape index (κ3) is 6.14. The Hall–Kier alpha value is -1.44. The van der Waals surface area contributed by atoms with E-state index in [2.05, 4.69) is 4.72 Å². The zero-order chi connectivity index (χ0) is 15.0. The molecule has 0 spiro atoms. The predicted octanol–water partition coefficient (Wildman–Crippen LogP) is 0.860. The second kappa shape index (κ2) is 7.98. The first-order valence-corrected chi connectivity index (χ1v) is 7.82. The van der Waals surface area contributed by atoms with Crippen LogP contribution in [0.25, 0.3) is 0 Å². The highest BCUT2D eigenvalue weighted by Crippen LogP contribution is 2.02. The number of rotatable bonds is 9. The Morgan fingerprint density at radius 3 is 2.55 bits per heavy atom. The molecule has 0 atom stereocenters. The number of nitrogens with zero attached hydrogens (tertiary/aromatic N) is 1. The van der Waals surface area contributed by atoms with E-state index in [-0.39, 0.29) is 13.0 Å². The van der Waals surface area contributed by atoms with Gasteiger partial charge in [-0.2, -0.15) is 12.7 Å². The molecule has 1 aromatic rings. The Bertz CT molecular complexity index is 516. The molecule has 0 fully saturated rings. The summed E-state index contributed by atoms with van der Waals surface area (Å²) in [4.78, 5) is 10.4. The van der Waals surface area contributed by atoms with Crippen LogP contribution in [0.5, 0.6) is 0 Å². The minimum absolute atomic E-state index is 0.0383. The van der Waals surface area contributed by atoms with Crippen LogP contribution in [-0.4, -0.2) is 43.9 Å². The van der Waals surface area contributed by atoms with Crippen LogP contribution in [0.3, 0.4) is 0 Å².